The molecule has 0 heterocycles. The molecule has 0 atom stereocenters. The molecule has 2 aromatic carbocycles. The summed E-state index contributed by atoms with van der Waals surface area (Å²) >= 11 is 0. The molecule has 0 radical (unpaired) electrons. The Morgan fingerprint density at radius 3 is 2.62 bits per heavy atom. The van der Waals surface area contributed by atoms with Gasteiger partial charge >= 0.3 is 5.97 Å². The van der Waals surface area contributed by atoms with Gasteiger partial charge in [-0.15, -0.1) is 0 Å². The van der Waals surface area contributed by atoms with Gasteiger partial charge in [0.2, 0.25) is 0 Å². The zero-order valence-corrected chi connectivity index (χ0v) is 14.4. The molecule has 0 bridgehead atoms. The minimum atomic E-state index is -0.561. The quantitative estimate of drug-likeness (QED) is 0.766. The molecule has 2 rings (SSSR count). The summed E-state index contributed by atoms with van der Waals surface area (Å²) in [6.07, 6.45) is -0.0373. The van der Waals surface area contributed by atoms with Crippen molar-refractivity contribution in [1.29, 1.82) is 5.26 Å². The number of nitrogens with zero attached hydrogens (tertiary/aromatic N) is 1. The van der Waals surface area contributed by atoms with Crippen LogP contribution >= 0.6 is 0 Å². The minimum Gasteiger partial charge on any atom is -0.497 e. The first-order valence-corrected chi connectivity index (χ1v) is 7.72. The number of carbonyl (C=O) groups excluding carboxylic acids is 2. The zero-order valence-electron chi connectivity index (χ0n) is 14.4. The molecule has 0 fully saturated rings. The Morgan fingerprint density at radius 2 is 1.92 bits per heavy atom. The molecule has 1 N–H and O–H groups in total. The molecule has 0 spiro atoms. The smallest absolute Gasteiger partial charge is 0.310 e. The highest BCUT2D eigenvalue weighted by molar-refractivity contribution is 5.93. The number of methoxy groups -OCH3 is 2. The first-order valence-electron chi connectivity index (χ1n) is 7.72. The number of anilines is 1. The van der Waals surface area contributed by atoms with Crippen LogP contribution in [0.1, 0.15) is 11.1 Å². The van der Waals surface area contributed by atoms with E-state index in [1.54, 1.807) is 36.4 Å². The topological polar surface area (TPSA) is 97.6 Å². The molecule has 0 aliphatic carbocycles. The van der Waals surface area contributed by atoms with Crippen LogP contribution in [-0.4, -0.2) is 32.7 Å². The highest BCUT2D eigenvalue weighted by Crippen LogP contribution is 2.25. The van der Waals surface area contributed by atoms with Crippen molar-refractivity contribution in [2.24, 2.45) is 0 Å². The molecule has 0 aromatic heterocycles. The Balaban J connectivity index is 1.88. The molecule has 7 heteroatoms. The molecule has 0 unspecified atom stereocenters. The van der Waals surface area contributed by atoms with Gasteiger partial charge in [-0.1, -0.05) is 12.1 Å². The molecular weight excluding hydrogens is 336 g/mol. The number of carbonyl (C=O) groups is 2. The summed E-state index contributed by atoms with van der Waals surface area (Å²) in [5.74, 6) is 0.0570. The Bertz CT molecular complexity index is 842. The molecule has 26 heavy (non-hydrogen) atoms. The molecule has 0 aliphatic heterocycles. The van der Waals surface area contributed by atoms with Crippen molar-refractivity contribution < 1.29 is 23.8 Å². The van der Waals surface area contributed by atoms with Crippen molar-refractivity contribution in [1.82, 2.24) is 0 Å². The maximum atomic E-state index is 12.0. The summed E-state index contributed by atoms with van der Waals surface area (Å²) in [5.41, 5.74) is 1.51. The summed E-state index contributed by atoms with van der Waals surface area (Å²) in [5, 5.41) is 11.4. The maximum absolute atomic E-state index is 12.0. The molecule has 0 aliphatic rings. The number of hydrogen-bond donors (Lipinski definition) is 1. The lowest BCUT2D eigenvalue weighted by molar-refractivity contribution is -0.146. The van der Waals surface area contributed by atoms with E-state index in [1.807, 2.05) is 6.07 Å². The van der Waals surface area contributed by atoms with Crippen LogP contribution in [0.5, 0.6) is 11.5 Å². The van der Waals surface area contributed by atoms with Gasteiger partial charge in [-0.2, -0.15) is 5.26 Å². The van der Waals surface area contributed by atoms with Crippen molar-refractivity contribution in [2.45, 2.75) is 6.42 Å². The number of ether oxygens (including phenoxy) is 3. The number of rotatable bonds is 7. The average molecular weight is 354 g/mol. The van der Waals surface area contributed by atoms with Crippen LogP contribution in [-0.2, 0) is 20.7 Å². The van der Waals surface area contributed by atoms with Crippen LogP contribution in [0.2, 0.25) is 0 Å². The SMILES string of the molecule is COc1ccc(CC(=O)OCC(=O)Nc2cccc(C#N)c2)c(OC)c1. The number of nitriles is 1. The van der Waals surface area contributed by atoms with E-state index in [9.17, 15) is 9.59 Å². The van der Waals surface area contributed by atoms with Gasteiger partial charge in [0.15, 0.2) is 6.61 Å². The normalized spacial score (nSPS) is 9.73. The standard InChI is InChI=1S/C19H18N2O5/c1-24-16-7-6-14(17(10-16)25-2)9-19(23)26-12-18(22)21-15-5-3-4-13(8-15)11-20/h3-8,10H,9,12H2,1-2H3,(H,21,22). The second-order valence-electron chi connectivity index (χ2n) is 5.26. The highest BCUT2D eigenvalue weighted by atomic mass is 16.5. The molecule has 0 saturated carbocycles. The summed E-state index contributed by atoms with van der Waals surface area (Å²) < 4.78 is 15.3. The van der Waals surface area contributed by atoms with Crippen LogP contribution in [0.15, 0.2) is 42.5 Å². The summed E-state index contributed by atoms with van der Waals surface area (Å²) in [6.45, 7) is -0.423. The highest BCUT2D eigenvalue weighted by Gasteiger charge is 2.13. The van der Waals surface area contributed by atoms with Gasteiger partial charge in [0.05, 0.1) is 32.3 Å². The van der Waals surface area contributed by atoms with Gasteiger partial charge in [0.25, 0.3) is 5.91 Å². The number of amides is 1. The molecule has 2 aromatic rings. The van der Waals surface area contributed by atoms with Gasteiger partial charge in [0.1, 0.15) is 11.5 Å². The zero-order chi connectivity index (χ0) is 18.9. The van der Waals surface area contributed by atoms with E-state index in [4.69, 9.17) is 19.5 Å². The lowest BCUT2D eigenvalue weighted by Gasteiger charge is -2.10. The maximum Gasteiger partial charge on any atom is 0.310 e. The third kappa shape index (κ3) is 5.24. The number of nitrogens with one attached hydrogen (secondary N) is 1. The van der Waals surface area contributed by atoms with Crippen molar-refractivity contribution in [3.63, 3.8) is 0 Å². The van der Waals surface area contributed by atoms with Crippen molar-refractivity contribution in [3.05, 3.63) is 53.6 Å². The Labute approximate surface area is 151 Å². The van der Waals surface area contributed by atoms with Crippen molar-refractivity contribution in [3.8, 4) is 17.6 Å². The van der Waals surface area contributed by atoms with Gasteiger partial charge in [-0.05, 0) is 24.3 Å². The van der Waals surface area contributed by atoms with Gasteiger partial charge in [0, 0.05) is 17.3 Å². The van der Waals surface area contributed by atoms with E-state index in [0.717, 1.165) is 0 Å². The van der Waals surface area contributed by atoms with E-state index in [-0.39, 0.29) is 6.42 Å². The predicted molar refractivity (Wildman–Crippen MR) is 94.0 cm³/mol. The van der Waals surface area contributed by atoms with Gasteiger partial charge in [-0.3, -0.25) is 9.59 Å². The number of hydrogen-bond acceptors (Lipinski definition) is 6. The van der Waals surface area contributed by atoms with Gasteiger partial charge < -0.3 is 19.5 Å². The summed E-state index contributed by atoms with van der Waals surface area (Å²) in [4.78, 5) is 23.8. The Hall–Kier alpha value is -3.53. The van der Waals surface area contributed by atoms with Gasteiger partial charge in [-0.25, -0.2) is 0 Å². The third-order valence-electron chi connectivity index (χ3n) is 3.47. The van der Waals surface area contributed by atoms with E-state index >= 15 is 0 Å². The van der Waals surface area contributed by atoms with Crippen LogP contribution in [0.4, 0.5) is 5.69 Å². The monoisotopic (exact) mass is 354 g/mol. The van der Waals surface area contributed by atoms with E-state index in [0.29, 0.717) is 28.3 Å². The van der Waals surface area contributed by atoms with Crippen LogP contribution in [0.25, 0.3) is 0 Å². The lowest BCUT2D eigenvalue weighted by Crippen LogP contribution is -2.21. The predicted octanol–water partition coefficient (Wildman–Crippen LogP) is 2.30. The number of benzene rings is 2. The Kier molecular flexibility index (Phi) is 6.57. The molecule has 134 valence electrons. The second kappa shape index (κ2) is 9.08. The summed E-state index contributed by atoms with van der Waals surface area (Å²) in [7, 11) is 3.03. The first kappa shape index (κ1) is 18.8. The molecular formula is C19H18N2O5. The van der Waals surface area contributed by atoms with E-state index in [2.05, 4.69) is 5.32 Å². The van der Waals surface area contributed by atoms with Crippen LogP contribution in [0.3, 0.4) is 0 Å². The first-order chi connectivity index (χ1) is 12.5. The number of esters is 1. The lowest BCUT2D eigenvalue weighted by atomic mass is 10.1. The van der Waals surface area contributed by atoms with E-state index < -0.39 is 18.5 Å². The Morgan fingerprint density at radius 1 is 1.12 bits per heavy atom. The molecule has 7 nitrogen and oxygen atoms in total. The fraction of sp³-hybridized carbons (Fsp3) is 0.211. The molecule has 1 amide bonds. The third-order valence-corrected chi connectivity index (χ3v) is 3.47. The van der Waals surface area contributed by atoms with Crippen molar-refractivity contribution >= 4 is 17.6 Å². The van der Waals surface area contributed by atoms with Crippen LogP contribution in [0, 0.1) is 11.3 Å². The minimum absolute atomic E-state index is 0.0373. The fourth-order valence-corrected chi connectivity index (χ4v) is 2.21. The average Bonchev–Trinajstić information content (AvgIpc) is 2.66. The fourth-order valence-electron chi connectivity index (χ4n) is 2.21. The van der Waals surface area contributed by atoms with E-state index in [1.165, 1.54) is 20.3 Å². The largest absolute Gasteiger partial charge is 0.497 e. The summed E-state index contributed by atoms with van der Waals surface area (Å²) in [6, 6.07) is 13.5. The molecule has 0 saturated heterocycles. The van der Waals surface area contributed by atoms with Crippen LogP contribution < -0.4 is 14.8 Å². The second-order valence-corrected chi connectivity index (χ2v) is 5.26. The van der Waals surface area contributed by atoms with Crippen molar-refractivity contribution in [2.75, 3.05) is 26.1 Å².